The number of hydrogen-bond acceptors (Lipinski definition) is 6. The predicted octanol–water partition coefficient (Wildman–Crippen LogP) is 4.96. The maximum absolute atomic E-state index is 16.1. The van der Waals surface area contributed by atoms with Crippen LogP contribution in [-0.4, -0.2) is 43.9 Å². The minimum atomic E-state index is -0.651. The Balaban J connectivity index is 1.59. The summed E-state index contributed by atoms with van der Waals surface area (Å²) in [4.78, 5) is 15.4. The van der Waals surface area contributed by atoms with Gasteiger partial charge < -0.3 is 15.1 Å². The summed E-state index contributed by atoms with van der Waals surface area (Å²) in [6.07, 6.45) is 3.18. The molecule has 1 aliphatic heterocycles. The van der Waals surface area contributed by atoms with Crippen LogP contribution in [0.3, 0.4) is 0 Å². The van der Waals surface area contributed by atoms with Crippen molar-refractivity contribution in [3.8, 4) is 17.0 Å². The summed E-state index contributed by atoms with van der Waals surface area (Å²) < 4.78 is 31.1. The number of anilines is 1. The highest BCUT2D eigenvalue weighted by molar-refractivity contribution is 14.1. The number of phenolic OH excluding ortho intramolecular Hbond substituents is 1. The Hall–Kier alpha value is -2.66. The molecule has 2 aromatic carbocycles. The molecule has 1 aliphatic carbocycles. The number of phenols is 1. The van der Waals surface area contributed by atoms with Gasteiger partial charge in [0.25, 0.3) is 0 Å². The number of piperidine rings is 1. The van der Waals surface area contributed by atoms with Gasteiger partial charge in [0, 0.05) is 40.9 Å². The van der Waals surface area contributed by atoms with E-state index in [1.54, 1.807) is 12.3 Å². The first-order valence-electron chi connectivity index (χ1n) is 11.3. The van der Waals surface area contributed by atoms with Gasteiger partial charge in [0.2, 0.25) is 0 Å². The van der Waals surface area contributed by atoms with Gasteiger partial charge in [-0.05, 0) is 59.7 Å². The van der Waals surface area contributed by atoms with Gasteiger partial charge in [0.15, 0.2) is 9.65 Å². The van der Waals surface area contributed by atoms with Crippen LogP contribution in [0.15, 0.2) is 30.5 Å². The average molecular weight is 574 g/mol. The molecule has 0 spiro atoms. The second kappa shape index (κ2) is 7.94. The summed E-state index contributed by atoms with van der Waals surface area (Å²) in [6, 6.07) is 5.83. The van der Waals surface area contributed by atoms with Crippen LogP contribution in [0.2, 0.25) is 0 Å². The Morgan fingerprint density at radius 3 is 2.74 bits per heavy atom. The number of fused-ring (bicyclic) bond motifs is 4. The van der Waals surface area contributed by atoms with Crippen LogP contribution in [-0.2, 0) is 6.42 Å². The minimum Gasteiger partial charge on any atom is -0.508 e. The summed E-state index contributed by atoms with van der Waals surface area (Å²) in [7, 11) is 0. The normalized spacial score (nSPS) is 21.8. The lowest BCUT2D eigenvalue weighted by molar-refractivity contribution is 0.146. The fraction of sp³-hybridized carbons (Fsp3) is 0.320. The van der Waals surface area contributed by atoms with Crippen molar-refractivity contribution in [2.45, 2.75) is 38.3 Å². The van der Waals surface area contributed by atoms with Crippen molar-refractivity contribution in [1.82, 2.24) is 15.0 Å². The van der Waals surface area contributed by atoms with Gasteiger partial charge in [-0.25, -0.2) is 18.7 Å². The highest BCUT2D eigenvalue weighted by Gasteiger charge is 2.45. The molecule has 174 valence electrons. The van der Waals surface area contributed by atoms with Crippen molar-refractivity contribution in [2.24, 2.45) is 5.92 Å². The maximum Gasteiger partial charge on any atom is 0.193 e. The van der Waals surface area contributed by atoms with Crippen LogP contribution in [0.4, 0.5) is 14.6 Å². The van der Waals surface area contributed by atoms with E-state index >= 15 is 4.39 Å². The number of aromatic hydroxyl groups is 1. The van der Waals surface area contributed by atoms with E-state index in [-0.39, 0.29) is 28.8 Å². The van der Waals surface area contributed by atoms with E-state index in [0.717, 1.165) is 19.4 Å². The van der Waals surface area contributed by atoms with Crippen LogP contribution in [0.5, 0.6) is 5.75 Å². The lowest BCUT2D eigenvalue weighted by Gasteiger charge is -2.32. The number of aromatic nitrogens is 3. The lowest BCUT2D eigenvalue weighted by Crippen LogP contribution is -2.41. The Labute approximate surface area is 207 Å². The molecule has 9 heteroatoms. The number of aryl methyl sites for hydroxylation is 1. The number of nitrogens with zero attached hydrogens (tertiary/aromatic N) is 4. The molecule has 2 aromatic heterocycles. The monoisotopic (exact) mass is 574 g/mol. The molecule has 0 radical (unpaired) electrons. The van der Waals surface area contributed by atoms with E-state index in [4.69, 9.17) is 0 Å². The molecule has 0 amide bonds. The zero-order chi connectivity index (χ0) is 23.7. The first kappa shape index (κ1) is 21.8. The number of rotatable bonds is 3. The molecule has 2 bridgehead atoms. The summed E-state index contributed by atoms with van der Waals surface area (Å²) in [5.41, 5.74) is 0.866. The molecule has 34 heavy (non-hydrogen) atoms. The second-order valence-electron chi connectivity index (χ2n) is 9.09. The predicted molar refractivity (Wildman–Crippen MR) is 134 cm³/mol. The smallest absolute Gasteiger partial charge is 0.193 e. The third-order valence-corrected chi connectivity index (χ3v) is 7.60. The molecule has 6 nitrogen and oxygen atoms in total. The quantitative estimate of drug-likeness (QED) is 0.266. The van der Waals surface area contributed by atoms with Crippen LogP contribution >= 0.6 is 22.6 Å². The second-order valence-corrected chi connectivity index (χ2v) is 10.1. The van der Waals surface area contributed by atoms with Crippen molar-refractivity contribution < 1.29 is 19.0 Å². The van der Waals surface area contributed by atoms with E-state index in [1.165, 1.54) is 18.2 Å². The Morgan fingerprint density at radius 1 is 1.18 bits per heavy atom. The highest BCUT2D eigenvalue weighted by Crippen LogP contribution is 2.43. The van der Waals surface area contributed by atoms with Crippen molar-refractivity contribution in [1.29, 1.82) is 0 Å². The standard InChI is InChI=1S/C25H21F2IN4O2/c1-2-14-17(26)4-3-12-7-13(33)8-15(20(12)14)22-21(27)23-16(9-29-22)24(31-25(28)30-23)32-10-11-5-18(32)19(34)6-11/h3-4,7-9,11,18-19,33-34H,2,5-6,10H2,1H3/t11-,18+,19+/m0/s1. The molecular formula is C25H21F2IN4O2. The third kappa shape index (κ3) is 3.24. The van der Waals surface area contributed by atoms with E-state index in [1.807, 2.05) is 34.4 Å². The number of halogens is 3. The van der Waals surface area contributed by atoms with Crippen LogP contribution in [0.25, 0.3) is 32.9 Å². The zero-order valence-corrected chi connectivity index (χ0v) is 20.4. The SMILES string of the molecule is CCc1c(F)ccc2cc(O)cc(-c3ncc4c(N5C[C@@H]6C[C@@H](O)[C@H]5C6)nc(I)nc4c3F)c12. The molecule has 4 aromatic rings. The molecule has 0 unspecified atom stereocenters. The molecule has 2 aliphatic rings. The fourth-order valence-corrected chi connectivity index (χ4v) is 6.16. The number of aliphatic hydroxyl groups is 1. The molecule has 1 saturated heterocycles. The Morgan fingerprint density at radius 2 is 2.00 bits per heavy atom. The van der Waals surface area contributed by atoms with Crippen molar-refractivity contribution >= 4 is 50.1 Å². The first-order valence-corrected chi connectivity index (χ1v) is 12.3. The number of hydrogen-bond donors (Lipinski definition) is 2. The number of pyridine rings is 1. The van der Waals surface area contributed by atoms with Gasteiger partial charge >= 0.3 is 0 Å². The van der Waals surface area contributed by atoms with Crippen molar-refractivity contribution in [3.05, 3.63) is 51.5 Å². The van der Waals surface area contributed by atoms with Gasteiger partial charge in [-0.3, -0.25) is 4.98 Å². The van der Waals surface area contributed by atoms with E-state index in [9.17, 15) is 14.6 Å². The summed E-state index contributed by atoms with van der Waals surface area (Å²) >= 11 is 1.97. The molecule has 2 fully saturated rings. The fourth-order valence-electron chi connectivity index (χ4n) is 5.69. The molecule has 3 heterocycles. The maximum atomic E-state index is 16.1. The highest BCUT2D eigenvalue weighted by atomic mass is 127. The Bertz CT molecular complexity index is 1480. The molecule has 6 rings (SSSR count). The van der Waals surface area contributed by atoms with Crippen LogP contribution in [0, 0.1) is 21.4 Å². The van der Waals surface area contributed by atoms with Crippen molar-refractivity contribution in [2.75, 3.05) is 11.4 Å². The molecule has 2 N–H and O–H groups in total. The minimum absolute atomic E-state index is 0.00266. The zero-order valence-electron chi connectivity index (χ0n) is 18.3. The van der Waals surface area contributed by atoms with E-state index in [0.29, 0.717) is 49.3 Å². The molecule has 1 saturated carbocycles. The van der Waals surface area contributed by atoms with Gasteiger partial charge in [-0.15, -0.1) is 0 Å². The van der Waals surface area contributed by atoms with Crippen molar-refractivity contribution in [3.63, 3.8) is 0 Å². The lowest BCUT2D eigenvalue weighted by atomic mass is 9.94. The number of benzene rings is 2. The van der Waals surface area contributed by atoms with Crippen LogP contribution < -0.4 is 4.90 Å². The van der Waals surface area contributed by atoms with E-state index < -0.39 is 11.9 Å². The largest absolute Gasteiger partial charge is 0.508 e. The van der Waals surface area contributed by atoms with E-state index in [2.05, 4.69) is 15.0 Å². The number of aliphatic hydroxyl groups excluding tert-OH is 1. The topological polar surface area (TPSA) is 82.4 Å². The van der Waals surface area contributed by atoms with Gasteiger partial charge in [0.05, 0.1) is 17.5 Å². The third-order valence-electron chi connectivity index (χ3n) is 7.12. The first-order chi connectivity index (χ1) is 16.4. The van der Waals surface area contributed by atoms with Gasteiger partial charge in [0.1, 0.15) is 28.6 Å². The summed E-state index contributed by atoms with van der Waals surface area (Å²) in [5.74, 6) is -0.134. The molecule has 3 atom stereocenters. The molecular weight excluding hydrogens is 553 g/mol. The summed E-state index contributed by atoms with van der Waals surface area (Å²) in [5, 5.41) is 22.3. The Kier molecular flexibility index (Phi) is 5.10. The van der Waals surface area contributed by atoms with Gasteiger partial charge in [-0.2, -0.15) is 0 Å². The van der Waals surface area contributed by atoms with Gasteiger partial charge in [-0.1, -0.05) is 13.0 Å². The summed E-state index contributed by atoms with van der Waals surface area (Å²) in [6.45, 7) is 2.59. The average Bonchev–Trinajstić information content (AvgIpc) is 3.38. The van der Waals surface area contributed by atoms with Crippen LogP contribution in [0.1, 0.15) is 25.3 Å².